The van der Waals surface area contributed by atoms with Crippen molar-refractivity contribution in [1.82, 2.24) is 4.98 Å². The predicted octanol–water partition coefficient (Wildman–Crippen LogP) is 6.55. The fraction of sp³-hybridized carbons (Fsp3) is 0.182. The van der Waals surface area contributed by atoms with Crippen LogP contribution < -0.4 is 4.90 Å². The molecule has 4 aromatic rings. The summed E-state index contributed by atoms with van der Waals surface area (Å²) < 4.78 is 7.37. The Bertz CT molecular complexity index is 1230. The molecule has 0 aliphatic carbocycles. The van der Waals surface area contributed by atoms with E-state index in [0.717, 1.165) is 33.3 Å². The Hall–Kier alpha value is -3.17. The van der Waals surface area contributed by atoms with Crippen molar-refractivity contribution in [3.05, 3.63) is 70.5 Å². The lowest BCUT2D eigenvalue weighted by atomic mass is 10.2. The van der Waals surface area contributed by atoms with Crippen molar-refractivity contribution in [2.24, 2.45) is 4.99 Å². The zero-order chi connectivity index (χ0) is 21.8. The number of anilines is 1. The number of hydrogen-bond donors (Lipinski definition) is 0. The summed E-state index contributed by atoms with van der Waals surface area (Å²) in [6, 6.07) is 16.5. The lowest BCUT2D eigenvalue weighted by Crippen LogP contribution is -2.21. The van der Waals surface area contributed by atoms with E-state index in [1.54, 1.807) is 18.3 Å². The van der Waals surface area contributed by atoms with E-state index in [9.17, 15) is 10.1 Å². The summed E-state index contributed by atoms with van der Waals surface area (Å²) in [6.07, 6.45) is 1.69. The molecule has 0 radical (unpaired) electrons. The van der Waals surface area contributed by atoms with Gasteiger partial charge in [-0.15, -0.1) is 11.3 Å². The molecule has 2 aromatic heterocycles. The molecule has 0 fully saturated rings. The Labute approximate surface area is 187 Å². The maximum atomic E-state index is 10.9. The molecule has 0 atom stereocenters. The highest BCUT2D eigenvalue weighted by Gasteiger charge is 2.12. The summed E-state index contributed by atoms with van der Waals surface area (Å²) in [6.45, 7) is 6.22. The average Bonchev–Trinajstić information content (AvgIpc) is 3.39. The van der Waals surface area contributed by atoms with Gasteiger partial charge in [-0.1, -0.05) is 0 Å². The van der Waals surface area contributed by atoms with E-state index in [4.69, 9.17) is 4.42 Å². The van der Waals surface area contributed by atoms with Gasteiger partial charge in [0.1, 0.15) is 5.76 Å². The van der Waals surface area contributed by atoms with Gasteiger partial charge in [-0.2, -0.15) is 0 Å². The third kappa shape index (κ3) is 4.95. The number of aliphatic imine (C=N–C) groups is 1. The van der Waals surface area contributed by atoms with Crippen LogP contribution in [0.25, 0.3) is 10.2 Å². The number of aromatic nitrogens is 1. The Balaban J connectivity index is 1.43. The van der Waals surface area contributed by atoms with Gasteiger partial charge in [0.05, 0.1) is 27.0 Å². The van der Waals surface area contributed by atoms with Gasteiger partial charge < -0.3 is 9.32 Å². The SMILES string of the molecule is CCN(CC)c1ccc(N=Cc2ccc(Sc3nc4ccc([N+](=O)[O-])cc4s3)o2)cc1. The maximum absolute atomic E-state index is 10.9. The second kappa shape index (κ2) is 9.32. The summed E-state index contributed by atoms with van der Waals surface area (Å²) in [5.74, 6) is 0.645. The highest BCUT2D eigenvalue weighted by Crippen LogP contribution is 2.36. The molecule has 2 heterocycles. The summed E-state index contributed by atoms with van der Waals surface area (Å²) >= 11 is 2.78. The number of thiazole rings is 1. The number of benzene rings is 2. The van der Waals surface area contributed by atoms with Gasteiger partial charge >= 0.3 is 0 Å². The van der Waals surface area contributed by atoms with E-state index in [1.807, 2.05) is 24.3 Å². The number of non-ortho nitro benzene ring substituents is 1. The topological polar surface area (TPSA) is 84.8 Å². The second-order valence-corrected chi connectivity index (χ2v) is 8.88. The van der Waals surface area contributed by atoms with Crippen LogP contribution in [0.3, 0.4) is 0 Å². The van der Waals surface area contributed by atoms with Crippen LogP contribution in [-0.2, 0) is 0 Å². The van der Waals surface area contributed by atoms with Crippen molar-refractivity contribution in [3.8, 4) is 0 Å². The molecule has 0 aliphatic heterocycles. The fourth-order valence-corrected chi connectivity index (χ4v) is 5.07. The van der Waals surface area contributed by atoms with E-state index < -0.39 is 4.92 Å². The smallest absolute Gasteiger partial charge is 0.270 e. The van der Waals surface area contributed by atoms with Crippen LogP contribution in [0, 0.1) is 10.1 Å². The van der Waals surface area contributed by atoms with Crippen molar-refractivity contribution < 1.29 is 9.34 Å². The number of nitro groups is 1. The van der Waals surface area contributed by atoms with Gasteiger partial charge in [0.2, 0.25) is 0 Å². The minimum Gasteiger partial charge on any atom is -0.448 e. The van der Waals surface area contributed by atoms with Crippen LogP contribution in [0.5, 0.6) is 0 Å². The van der Waals surface area contributed by atoms with Crippen molar-refractivity contribution in [2.45, 2.75) is 23.3 Å². The van der Waals surface area contributed by atoms with Gasteiger partial charge in [0.25, 0.3) is 5.69 Å². The van der Waals surface area contributed by atoms with Gasteiger partial charge in [-0.3, -0.25) is 15.1 Å². The average molecular weight is 453 g/mol. The highest BCUT2D eigenvalue weighted by atomic mass is 32.2. The van der Waals surface area contributed by atoms with Crippen molar-refractivity contribution in [3.63, 3.8) is 0 Å². The predicted molar refractivity (Wildman–Crippen MR) is 126 cm³/mol. The zero-order valence-corrected chi connectivity index (χ0v) is 18.7. The van der Waals surface area contributed by atoms with Crippen LogP contribution in [0.15, 0.2) is 73.4 Å². The fourth-order valence-electron chi connectivity index (χ4n) is 3.07. The summed E-state index contributed by atoms with van der Waals surface area (Å²) in [7, 11) is 0. The van der Waals surface area contributed by atoms with Crippen molar-refractivity contribution in [1.29, 1.82) is 0 Å². The molecule has 0 aliphatic rings. The van der Waals surface area contributed by atoms with Crippen LogP contribution in [0.1, 0.15) is 19.6 Å². The number of nitro benzene ring substituents is 1. The first-order chi connectivity index (χ1) is 15.1. The highest BCUT2D eigenvalue weighted by molar-refractivity contribution is 8.01. The molecule has 0 amide bonds. The lowest BCUT2D eigenvalue weighted by molar-refractivity contribution is -0.384. The largest absolute Gasteiger partial charge is 0.448 e. The van der Waals surface area contributed by atoms with E-state index in [0.29, 0.717) is 10.9 Å². The standard InChI is InChI=1S/C22H20N4O3S2/c1-3-25(4-2)16-7-5-15(6-8-16)23-14-18-10-12-21(29-18)31-22-24-19-11-9-17(26(27)28)13-20(19)30-22/h5-14H,3-4H2,1-2H3. The molecule has 0 spiro atoms. The quantitative estimate of drug-likeness (QED) is 0.171. The van der Waals surface area contributed by atoms with E-state index in [-0.39, 0.29) is 5.69 Å². The first-order valence-electron chi connectivity index (χ1n) is 9.77. The normalized spacial score (nSPS) is 11.4. The summed E-state index contributed by atoms with van der Waals surface area (Å²) in [4.78, 5) is 21.8. The molecule has 158 valence electrons. The zero-order valence-electron chi connectivity index (χ0n) is 17.0. The molecule has 9 heteroatoms. The van der Waals surface area contributed by atoms with E-state index in [1.165, 1.54) is 34.9 Å². The first kappa shape index (κ1) is 21.1. The van der Waals surface area contributed by atoms with Gasteiger partial charge in [0, 0.05) is 30.9 Å². The summed E-state index contributed by atoms with van der Waals surface area (Å²) in [5.41, 5.74) is 2.84. The number of rotatable bonds is 8. The third-order valence-electron chi connectivity index (χ3n) is 4.67. The Morgan fingerprint density at radius 3 is 2.65 bits per heavy atom. The van der Waals surface area contributed by atoms with Crippen LogP contribution in [-0.4, -0.2) is 29.2 Å². The number of hydrogen-bond acceptors (Lipinski definition) is 8. The van der Waals surface area contributed by atoms with Crippen LogP contribution in [0.2, 0.25) is 0 Å². The number of fused-ring (bicyclic) bond motifs is 1. The molecule has 31 heavy (non-hydrogen) atoms. The molecule has 4 rings (SSSR count). The minimum absolute atomic E-state index is 0.0642. The Morgan fingerprint density at radius 1 is 1.16 bits per heavy atom. The monoisotopic (exact) mass is 452 g/mol. The Morgan fingerprint density at radius 2 is 1.94 bits per heavy atom. The van der Waals surface area contributed by atoms with E-state index >= 15 is 0 Å². The minimum atomic E-state index is -0.402. The summed E-state index contributed by atoms with van der Waals surface area (Å²) in [5, 5.41) is 11.6. The van der Waals surface area contributed by atoms with E-state index in [2.05, 4.69) is 40.9 Å². The maximum Gasteiger partial charge on any atom is 0.270 e. The number of nitrogens with zero attached hydrogens (tertiary/aromatic N) is 4. The third-order valence-corrected chi connectivity index (χ3v) is 6.67. The van der Waals surface area contributed by atoms with Gasteiger partial charge in [-0.05, 0) is 68.1 Å². The molecule has 0 unspecified atom stereocenters. The first-order valence-corrected chi connectivity index (χ1v) is 11.4. The molecular formula is C22H20N4O3S2. The molecule has 0 saturated carbocycles. The molecule has 2 aromatic carbocycles. The molecular weight excluding hydrogens is 432 g/mol. The molecule has 7 nitrogen and oxygen atoms in total. The lowest BCUT2D eigenvalue weighted by Gasteiger charge is -2.20. The van der Waals surface area contributed by atoms with Gasteiger partial charge in [-0.25, -0.2) is 4.98 Å². The van der Waals surface area contributed by atoms with Gasteiger partial charge in [0.15, 0.2) is 9.43 Å². The van der Waals surface area contributed by atoms with Crippen LogP contribution in [0.4, 0.5) is 17.1 Å². The van der Waals surface area contributed by atoms with Crippen molar-refractivity contribution in [2.75, 3.05) is 18.0 Å². The van der Waals surface area contributed by atoms with Crippen molar-refractivity contribution >= 4 is 56.6 Å². The number of furan rings is 1. The van der Waals surface area contributed by atoms with Crippen LogP contribution >= 0.6 is 23.1 Å². The Kier molecular flexibility index (Phi) is 6.34. The molecule has 0 bridgehead atoms. The molecule has 0 N–H and O–H groups in total. The second-order valence-electron chi connectivity index (χ2n) is 6.59. The molecule has 0 saturated heterocycles.